The normalized spacial score (nSPS) is 24.3. The second kappa shape index (κ2) is 4.78. The first kappa shape index (κ1) is 12.0. The number of carbonyl (C=O) groups excluding carboxylic acids is 1. The Morgan fingerprint density at radius 2 is 2.12 bits per heavy atom. The van der Waals surface area contributed by atoms with Crippen LogP contribution in [-0.4, -0.2) is 61.3 Å². The quantitative estimate of drug-likeness (QED) is 0.530. The van der Waals surface area contributed by atoms with Crippen molar-refractivity contribution in [1.29, 1.82) is 0 Å². The maximum Gasteiger partial charge on any atom is 0.244 e. The average Bonchev–Trinajstić information content (AvgIpc) is 2.87. The summed E-state index contributed by atoms with van der Waals surface area (Å²) in [6.07, 6.45) is -0.135. The molecule has 2 heterocycles. The van der Waals surface area contributed by atoms with Crippen LogP contribution in [0.1, 0.15) is 5.69 Å². The highest BCUT2D eigenvalue weighted by Crippen LogP contribution is 2.10. The van der Waals surface area contributed by atoms with Crippen molar-refractivity contribution in [3.05, 3.63) is 11.9 Å². The highest BCUT2D eigenvalue weighted by atomic mass is 16.3. The number of β-amino-alcohol motifs (C(OH)–C–C–N with tert-alkyl or cyclic N) is 2. The van der Waals surface area contributed by atoms with E-state index < -0.39 is 12.2 Å². The Morgan fingerprint density at radius 3 is 2.65 bits per heavy atom. The van der Waals surface area contributed by atoms with Crippen molar-refractivity contribution in [3.63, 3.8) is 0 Å². The van der Waals surface area contributed by atoms with E-state index in [4.69, 9.17) is 5.73 Å². The van der Waals surface area contributed by atoms with Gasteiger partial charge in [0.25, 0.3) is 0 Å². The molecule has 0 radical (unpaired) electrons. The summed E-state index contributed by atoms with van der Waals surface area (Å²) in [6.45, 7) is 0.610. The van der Waals surface area contributed by atoms with E-state index in [1.165, 1.54) is 9.58 Å². The van der Waals surface area contributed by atoms with Gasteiger partial charge in [0.2, 0.25) is 5.91 Å². The lowest BCUT2D eigenvalue weighted by Gasteiger charge is -2.14. The minimum Gasteiger partial charge on any atom is -0.388 e. The fourth-order valence-electron chi connectivity index (χ4n) is 1.72. The summed E-state index contributed by atoms with van der Waals surface area (Å²) in [5.41, 5.74) is 5.99. The standard InChI is InChI=1S/C9H15N5O3/c10-1-6-2-14(12-11-6)5-9(17)13-3-7(15)8(16)4-13/h2,7-8,15-16H,1,3-5,10H2. The molecule has 2 atom stereocenters. The van der Waals surface area contributed by atoms with Gasteiger partial charge in [-0.05, 0) is 0 Å². The third-order valence-electron chi connectivity index (χ3n) is 2.70. The highest BCUT2D eigenvalue weighted by molar-refractivity contribution is 5.76. The first-order valence-corrected chi connectivity index (χ1v) is 5.33. The molecule has 8 nitrogen and oxygen atoms in total. The summed E-state index contributed by atoms with van der Waals surface area (Å²) in [5, 5.41) is 26.2. The average molecular weight is 241 g/mol. The molecule has 2 rings (SSSR count). The van der Waals surface area contributed by atoms with Gasteiger partial charge >= 0.3 is 0 Å². The minimum atomic E-state index is -0.866. The first-order valence-electron chi connectivity index (χ1n) is 5.33. The van der Waals surface area contributed by atoms with Crippen LogP contribution in [0.3, 0.4) is 0 Å². The van der Waals surface area contributed by atoms with Crippen molar-refractivity contribution >= 4 is 5.91 Å². The third kappa shape index (κ3) is 2.60. The molecule has 1 aliphatic heterocycles. The van der Waals surface area contributed by atoms with Gasteiger partial charge in [-0.2, -0.15) is 0 Å². The van der Waals surface area contributed by atoms with Crippen molar-refractivity contribution in [2.75, 3.05) is 13.1 Å². The van der Waals surface area contributed by atoms with Gasteiger partial charge in [0.15, 0.2) is 0 Å². The van der Waals surface area contributed by atoms with E-state index in [0.29, 0.717) is 5.69 Å². The summed E-state index contributed by atoms with van der Waals surface area (Å²) in [6, 6.07) is 0. The Bertz CT molecular complexity index is 397. The van der Waals surface area contributed by atoms with Crippen molar-refractivity contribution in [2.45, 2.75) is 25.3 Å². The molecular formula is C9H15N5O3. The number of carbonyl (C=O) groups is 1. The molecule has 1 aromatic rings. The molecule has 0 aliphatic carbocycles. The van der Waals surface area contributed by atoms with Gasteiger partial charge in [-0.3, -0.25) is 4.79 Å². The summed E-state index contributed by atoms with van der Waals surface area (Å²) in [7, 11) is 0. The first-order chi connectivity index (χ1) is 8.10. The van der Waals surface area contributed by atoms with Crippen LogP contribution < -0.4 is 5.73 Å². The lowest BCUT2D eigenvalue weighted by Crippen LogP contribution is -2.33. The number of nitrogens with zero attached hydrogens (tertiary/aromatic N) is 4. The number of nitrogens with two attached hydrogens (primary N) is 1. The van der Waals surface area contributed by atoms with E-state index >= 15 is 0 Å². The van der Waals surface area contributed by atoms with E-state index in [9.17, 15) is 15.0 Å². The van der Waals surface area contributed by atoms with Crippen molar-refractivity contribution in [2.24, 2.45) is 5.73 Å². The third-order valence-corrected chi connectivity index (χ3v) is 2.70. The molecule has 17 heavy (non-hydrogen) atoms. The molecule has 0 spiro atoms. The minimum absolute atomic E-state index is 0.0342. The number of aliphatic hydroxyl groups excluding tert-OH is 2. The lowest BCUT2D eigenvalue weighted by atomic mass is 10.3. The van der Waals surface area contributed by atoms with Crippen LogP contribution in [0, 0.1) is 0 Å². The molecule has 1 saturated heterocycles. The molecule has 8 heteroatoms. The highest BCUT2D eigenvalue weighted by Gasteiger charge is 2.32. The summed E-state index contributed by atoms with van der Waals surface area (Å²) in [5.74, 6) is -0.214. The largest absolute Gasteiger partial charge is 0.388 e. The van der Waals surface area contributed by atoms with Crippen molar-refractivity contribution in [1.82, 2.24) is 19.9 Å². The molecule has 1 amide bonds. The second-order valence-corrected chi connectivity index (χ2v) is 4.05. The molecule has 0 bridgehead atoms. The van der Waals surface area contributed by atoms with Gasteiger partial charge in [0.1, 0.15) is 6.54 Å². The Balaban J connectivity index is 1.93. The zero-order chi connectivity index (χ0) is 12.4. The fourth-order valence-corrected chi connectivity index (χ4v) is 1.72. The monoisotopic (exact) mass is 241 g/mol. The Kier molecular flexibility index (Phi) is 3.36. The predicted molar refractivity (Wildman–Crippen MR) is 56.5 cm³/mol. The van der Waals surface area contributed by atoms with Crippen LogP contribution in [0.25, 0.3) is 0 Å². The maximum absolute atomic E-state index is 11.8. The zero-order valence-corrected chi connectivity index (χ0v) is 9.23. The van der Waals surface area contributed by atoms with Gasteiger partial charge in [-0.15, -0.1) is 5.10 Å². The molecular weight excluding hydrogens is 226 g/mol. The molecule has 2 unspecified atom stereocenters. The van der Waals surface area contributed by atoms with Crippen LogP contribution in [-0.2, 0) is 17.9 Å². The number of aromatic nitrogens is 3. The molecule has 94 valence electrons. The van der Waals surface area contributed by atoms with E-state index in [0.717, 1.165) is 0 Å². The van der Waals surface area contributed by atoms with Gasteiger partial charge < -0.3 is 20.8 Å². The molecule has 4 N–H and O–H groups in total. The van der Waals surface area contributed by atoms with Crippen LogP contribution in [0.2, 0.25) is 0 Å². The molecule has 1 fully saturated rings. The number of aliphatic hydroxyl groups is 2. The van der Waals surface area contributed by atoms with E-state index in [1.54, 1.807) is 6.20 Å². The number of likely N-dealkylation sites (tertiary alicyclic amines) is 1. The number of hydrogen-bond acceptors (Lipinski definition) is 6. The van der Waals surface area contributed by atoms with E-state index in [1.807, 2.05) is 0 Å². The Labute approximate surface area is 97.6 Å². The van der Waals surface area contributed by atoms with Crippen molar-refractivity contribution < 1.29 is 15.0 Å². The van der Waals surface area contributed by atoms with Crippen LogP contribution in [0.15, 0.2) is 6.20 Å². The van der Waals surface area contributed by atoms with Crippen LogP contribution in [0.4, 0.5) is 0 Å². The van der Waals surface area contributed by atoms with E-state index in [-0.39, 0.29) is 32.1 Å². The van der Waals surface area contributed by atoms with Gasteiger partial charge in [-0.1, -0.05) is 5.21 Å². The Morgan fingerprint density at radius 1 is 1.47 bits per heavy atom. The topological polar surface area (TPSA) is 118 Å². The smallest absolute Gasteiger partial charge is 0.244 e. The van der Waals surface area contributed by atoms with Crippen molar-refractivity contribution in [3.8, 4) is 0 Å². The zero-order valence-electron chi connectivity index (χ0n) is 9.23. The fraction of sp³-hybridized carbons (Fsp3) is 0.667. The van der Waals surface area contributed by atoms with Gasteiger partial charge in [0, 0.05) is 19.6 Å². The maximum atomic E-state index is 11.8. The van der Waals surface area contributed by atoms with E-state index in [2.05, 4.69) is 10.3 Å². The number of amides is 1. The van der Waals surface area contributed by atoms with Gasteiger partial charge in [0.05, 0.1) is 24.1 Å². The number of hydrogen-bond donors (Lipinski definition) is 3. The second-order valence-electron chi connectivity index (χ2n) is 4.05. The number of rotatable bonds is 3. The molecule has 1 aliphatic rings. The van der Waals surface area contributed by atoms with Crippen LogP contribution >= 0.6 is 0 Å². The summed E-state index contributed by atoms with van der Waals surface area (Å²) < 4.78 is 1.39. The molecule has 0 aromatic carbocycles. The van der Waals surface area contributed by atoms with Crippen LogP contribution in [0.5, 0.6) is 0 Å². The Hall–Kier alpha value is -1.51. The lowest BCUT2D eigenvalue weighted by molar-refractivity contribution is -0.131. The summed E-state index contributed by atoms with van der Waals surface area (Å²) >= 11 is 0. The predicted octanol–water partition coefficient (Wildman–Crippen LogP) is -2.70. The molecule has 1 aromatic heterocycles. The summed E-state index contributed by atoms with van der Waals surface area (Å²) in [4.78, 5) is 13.2. The molecule has 0 saturated carbocycles. The SMILES string of the molecule is NCc1cn(CC(=O)N2CC(O)C(O)C2)nn1. The van der Waals surface area contributed by atoms with Gasteiger partial charge in [-0.25, -0.2) is 4.68 Å².